The third-order valence-electron chi connectivity index (χ3n) is 6.56. The smallest absolute Gasteiger partial charge is 0.132 e. The van der Waals surface area contributed by atoms with Crippen LogP contribution in [0.5, 0.6) is 0 Å². The number of nitrogens with zero attached hydrogens (tertiary/aromatic N) is 2. The molecule has 2 nitrogen and oxygen atoms in total. The first-order chi connectivity index (χ1) is 14.2. The second-order valence-corrected chi connectivity index (χ2v) is 8.90. The lowest BCUT2D eigenvalue weighted by molar-refractivity contribution is 0.249. The fraction of sp³-hybridized carbons (Fsp3) is 0.615. The minimum atomic E-state index is -0.181. The fourth-order valence-electron chi connectivity index (χ4n) is 4.68. The minimum Gasteiger partial charge on any atom is -0.206 e. The van der Waals surface area contributed by atoms with E-state index in [0.29, 0.717) is 11.3 Å². The van der Waals surface area contributed by atoms with Crippen molar-refractivity contribution >= 4 is 0 Å². The van der Waals surface area contributed by atoms with Gasteiger partial charge in [0.2, 0.25) is 0 Å². The highest BCUT2D eigenvalue weighted by atomic mass is 19.1. The molecule has 158 valence electrons. The summed E-state index contributed by atoms with van der Waals surface area (Å²) in [6.07, 6.45) is 15.2. The molecule has 1 aromatic heterocycles. The molecular formula is C26H37FN2. The molecule has 3 heteroatoms. The van der Waals surface area contributed by atoms with Crippen LogP contribution in [0.4, 0.5) is 4.39 Å². The number of benzene rings is 1. The molecule has 1 saturated carbocycles. The molecule has 0 aliphatic heterocycles. The number of hydrogen-bond donors (Lipinski definition) is 0. The molecule has 3 rings (SSSR count). The van der Waals surface area contributed by atoms with Crippen LogP contribution in [0.1, 0.15) is 89.3 Å². The van der Waals surface area contributed by atoms with Crippen molar-refractivity contribution in [3.05, 3.63) is 47.4 Å². The van der Waals surface area contributed by atoms with Crippen molar-refractivity contribution in [2.24, 2.45) is 11.8 Å². The Morgan fingerprint density at radius 1 is 0.828 bits per heavy atom. The summed E-state index contributed by atoms with van der Waals surface area (Å²) in [6.45, 7) is 4.40. The third-order valence-corrected chi connectivity index (χ3v) is 6.56. The molecule has 0 atom stereocenters. The van der Waals surface area contributed by atoms with Gasteiger partial charge in [-0.3, -0.25) is 0 Å². The van der Waals surface area contributed by atoms with Crippen LogP contribution in [0.15, 0.2) is 30.3 Å². The Hall–Kier alpha value is -1.77. The van der Waals surface area contributed by atoms with Crippen molar-refractivity contribution < 1.29 is 4.39 Å². The molecule has 1 aliphatic carbocycles. The summed E-state index contributed by atoms with van der Waals surface area (Å²) in [7, 11) is 0. The molecule has 0 unspecified atom stereocenters. The molecule has 0 N–H and O–H groups in total. The van der Waals surface area contributed by atoms with E-state index in [9.17, 15) is 4.39 Å². The lowest BCUT2D eigenvalue weighted by atomic mass is 9.78. The number of rotatable bonds is 10. The first-order valence-corrected chi connectivity index (χ1v) is 11.8. The maximum atomic E-state index is 14.7. The Morgan fingerprint density at radius 2 is 1.59 bits per heavy atom. The van der Waals surface area contributed by atoms with Crippen LogP contribution in [-0.4, -0.2) is 10.2 Å². The maximum absolute atomic E-state index is 14.7. The predicted molar refractivity (Wildman–Crippen MR) is 119 cm³/mol. The average Bonchev–Trinajstić information content (AvgIpc) is 2.74. The summed E-state index contributed by atoms with van der Waals surface area (Å²) in [4.78, 5) is 0. The van der Waals surface area contributed by atoms with Crippen LogP contribution in [0.3, 0.4) is 0 Å². The van der Waals surface area contributed by atoms with E-state index in [1.54, 1.807) is 6.07 Å². The normalized spacial score (nSPS) is 19.4. The first-order valence-electron chi connectivity index (χ1n) is 11.8. The van der Waals surface area contributed by atoms with Gasteiger partial charge in [0.1, 0.15) is 5.82 Å². The largest absolute Gasteiger partial charge is 0.206 e. The topological polar surface area (TPSA) is 25.8 Å². The van der Waals surface area contributed by atoms with Gasteiger partial charge in [-0.2, -0.15) is 10.2 Å². The lowest BCUT2D eigenvalue weighted by Crippen LogP contribution is -2.15. The molecule has 0 amide bonds. The van der Waals surface area contributed by atoms with E-state index in [0.717, 1.165) is 42.4 Å². The van der Waals surface area contributed by atoms with Gasteiger partial charge < -0.3 is 0 Å². The van der Waals surface area contributed by atoms with Crippen LogP contribution in [0.25, 0.3) is 11.3 Å². The van der Waals surface area contributed by atoms with E-state index >= 15 is 0 Å². The zero-order valence-corrected chi connectivity index (χ0v) is 18.3. The predicted octanol–water partition coefficient (Wildman–Crippen LogP) is 7.55. The lowest BCUT2D eigenvalue weighted by Gasteiger charge is -2.28. The van der Waals surface area contributed by atoms with Gasteiger partial charge in [-0.15, -0.1) is 0 Å². The van der Waals surface area contributed by atoms with E-state index in [1.165, 1.54) is 57.8 Å². The van der Waals surface area contributed by atoms with Crippen molar-refractivity contribution in [2.45, 2.75) is 90.9 Å². The van der Waals surface area contributed by atoms with Gasteiger partial charge in [0.15, 0.2) is 0 Å². The molecule has 1 heterocycles. The summed E-state index contributed by atoms with van der Waals surface area (Å²) in [5.74, 6) is 1.59. The Labute approximate surface area is 176 Å². The van der Waals surface area contributed by atoms with E-state index in [-0.39, 0.29) is 5.82 Å². The number of aryl methyl sites for hydroxylation is 2. The highest BCUT2D eigenvalue weighted by molar-refractivity contribution is 5.59. The molecule has 0 bridgehead atoms. The number of unbranched alkanes of at least 4 members (excludes halogenated alkanes) is 2. The first kappa shape index (κ1) is 21.9. The van der Waals surface area contributed by atoms with Crippen molar-refractivity contribution in [1.29, 1.82) is 0 Å². The summed E-state index contributed by atoms with van der Waals surface area (Å²) < 4.78 is 14.7. The van der Waals surface area contributed by atoms with Crippen LogP contribution >= 0.6 is 0 Å². The van der Waals surface area contributed by atoms with Crippen LogP contribution < -0.4 is 0 Å². The molecule has 1 aliphatic rings. The van der Waals surface area contributed by atoms with Crippen LogP contribution in [-0.2, 0) is 12.8 Å². The van der Waals surface area contributed by atoms with Crippen LogP contribution in [0.2, 0.25) is 0 Å². The Kier molecular flexibility index (Phi) is 8.64. The fourth-order valence-corrected chi connectivity index (χ4v) is 4.68. The maximum Gasteiger partial charge on any atom is 0.132 e. The van der Waals surface area contributed by atoms with Gasteiger partial charge in [0.25, 0.3) is 0 Å². The standard InChI is InChI=1S/C26H37FN2/c1-3-5-6-8-20-9-11-21(12-10-20)13-14-22-15-17-24(25(27)19-22)26-18-16-23(7-4-2)28-29-26/h15-21H,3-14H2,1-2H3. The Morgan fingerprint density at radius 3 is 2.21 bits per heavy atom. The second kappa shape index (κ2) is 11.4. The van der Waals surface area contributed by atoms with Gasteiger partial charge in [-0.1, -0.05) is 77.7 Å². The van der Waals surface area contributed by atoms with Gasteiger partial charge in [0, 0.05) is 5.56 Å². The van der Waals surface area contributed by atoms with Crippen molar-refractivity contribution in [3.63, 3.8) is 0 Å². The summed E-state index contributed by atoms with van der Waals surface area (Å²) in [5, 5.41) is 8.44. The molecular weight excluding hydrogens is 359 g/mol. The van der Waals surface area contributed by atoms with Crippen molar-refractivity contribution in [2.75, 3.05) is 0 Å². The van der Waals surface area contributed by atoms with Gasteiger partial charge in [-0.25, -0.2) is 4.39 Å². The molecule has 0 radical (unpaired) electrons. The molecule has 0 saturated heterocycles. The van der Waals surface area contributed by atoms with Gasteiger partial charge in [0.05, 0.1) is 11.4 Å². The monoisotopic (exact) mass is 396 g/mol. The SMILES string of the molecule is CCCCCC1CCC(CCc2ccc(-c3ccc(CCC)nn3)c(F)c2)CC1. The zero-order chi connectivity index (χ0) is 20.5. The summed E-state index contributed by atoms with van der Waals surface area (Å²) >= 11 is 0. The molecule has 2 aromatic rings. The molecule has 1 fully saturated rings. The summed E-state index contributed by atoms with van der Waals surface area (Å²) in [6, 6.07) is 9.48. The van der Waals surface area contributed by atoms with Gasteiger partial charge in [-0.05, 0) is 60.9 Å². The highest BCUT2D eigenvalue weighted by Crippen LogP contribution is 2.34. The highest BCUT2D eigenvalue weighted by Gasteiger charge is 2.20. The molecule has 29 heavy (non-hydrogen) atoms. The van der Waals surface area contributed by atoms with E-state index in [2.05, 4.69) is 30.1 Å². The van der Waals surface area contributed by atoms with Crippen molar-refractivity contribution in [3.8, 4) is 11.3 Å². The van der Waals surface area contributed by atoms with Gasteiger partial charge >= 0.3 is 0 Å². The Bertz CT molecular complexity index is 733. The Balaban J connectivity index is 1.48. The quantitative estimate of drug-likeness (QED) is 0.387. The number of halogens is 1. The molecule has 0 spiro atoms. The van der Waals surface area contributed by atoms with Crippen LogP contribution in [0, 0.1) is 17.7 Å². The minimum absolute atomic E-state index is 0.181. The molecule has 1 aromatic carbocycles. The average molecular weight is 397 g/mol. The van der Waals surface area contributed by atoms with E-state index in [4.69, 9.17) is 0 Å². The van der Waals surface area contributed by atoms with E-state index < -0.39 is 0 Å². The third kappa shape index (κ3) is 6.62. The van der Waals surface area contributed by atoms with E-state index in [1.807, 2.05) is 18.2 Å². The second-order valence-electron chi connectivity index (χ2n) is 8.90. The summed E-state index contributed by atoms with van der Waals surface area (Å²) in [5.41, 5.74) is 3.24. The van der Waals surface area contributed by atoms with Crippen molar-refractivity contribution in [1.82, 2.24) is 10.2 Å². The number of aromatic nitrogens is 2. The number of hydrogen-bond acceptors (Lipinski definition) is 2. The zero-order valence-electron chi connectivity index (χ0n) is 18.3.